The molecule has 0 unspecified atom stereocenters. The van der Waals surface area contributed by atoms with Crippen molar-refractivity contribution in [3.8, 4) is 12.3 Å². The van der Waals surface area contributed by atoms with Crippen LogP contribution >= 0.6 is 0 Å². The Hall–Kier alpha value is -3.18. The second-order valence-corrected chi connectivity index (χ2v) is 7.35. The van der Waals surface area contributed by atoms with Gasteiger partial charge in [0.2, 0.25) is 0 Å². The summed E-state index contributed by atoms with van der Waals surface area (Å²) in [4.78, 5) is 24.2. The number of nitrogens with one attached hydrogen (secondary N) is 2. The minimum Gasteiger partial charge on any atom is -0.439 e. The molecule has 1 aliphatic carbocycles. The highest BCUT2D eigenvalue weighted by molar-refractivity contribution is 5.95. The molecule has 32 heavy (non-hydrogen) atoms. The molecule has 1 fully saturated rings. The number of esters is 1. The first kappa shape index (κ1) is 25.1. The van der Waals surface area contributed by atoms with Gasteiger partial charge in [0.25, 0.3) is 5.91 Å². The fourth-order valence-corrected chi connectivity index (χ4v) is 3.48. The first-order valence-electron chi connectivity index (χ1n) is 10.4. The standard InChI is InChI=1S/C24H28F2N2O4/c1-4-20(32-22(29)15-28-19-11-6-5-7-12-19)14-21(16(2)31-24(25)26)17-9-8-10-18(13-17)23(30)27-3/h1,8-10,13-14,19,24,28H,5-7,11-12,15H2,2-3H3,(H,27,30)/b20-14+,21-16-. The van der Waals surface area contributed by atoms with E-state index < -0.39 is 12.6 Å². The molecule has 2 N–H and O–H groups in total. The molecule has 0 atom stereocenters. The van der Waals surface area contributed by atoms with E-state index in [0.717, 1.165) is 25.7 Å². The predicted molar refractivity (Wildman–Crippen MR) is 117 cm³/mol. The zero-order valence-electron chi connectivity index (χ0n) is 18.3. The fraction of sp³-hybridized carbons (Fsp3) is 0.417. The summed E-state index contributed by atoms with van der Waals surface area (Å²) < 4.78 is 35.5. The molecule has 0 heterocycles. The van der Waals surface area contributed by atoms with Gasteiger partial charge in [-0.1, -0.05) is 31.4 Å². The van der Waals surface area contributed by atoms with Crippen LogP contribution in [0.3, 0.4) is 0 Å². The molecule has 1 amide bonds. The molecule has 1 aromatic rings. The van der Waals surface area contributed by atoms with Gasteiger partial charge in [-0.05, 0) is 43.4 Å². The maximum atomic E-state index is 12.9. The van der Waals surface area contributed by atoms with Gasteiger partial charge in [0.05, 0.1) is 6.54 Å². The van der Waals surface area contributed by atoms with Crippen molar-refractivity contribution in [3.63, 3.8) is 0 Å². The Morgan fingerprint density at radius 1 is 1.25 bits per heavy atom. The number of hydrogen-bond donors (Lipinski definition) is 2. The normalized spacial score (nSPS) is 15.6. The smallest absolute Gasteiger partial charge is 0.387 e. The SMILES string of the molecule is C#C/C(=C\C(=C(/C)OC(F)F)c1cccc(C(=O)NC)c1)OC(=O)CNC1CCCCC1. The van der Waals surface area contributed by atoms with Gasteiger partial charge >= 0.3 is 12.6 Å². The summed E-state index contributed by atoms with van der Waals surface area (Å²) in [7, 11) is 1.48. The first-order valence-corrected chi connectivity index (χ1v) is 10.4. The predicted octanol–water partition coefficient (Wildman–Crippen LogP) is 4.00. The largest absolute Gasteiger partial charge is 0.439 e. The van der Waals surface area contributed by atoms with E-state index in [2.05, 4.69) is 21.3 Å². The van der Waals surface area contributed by atoms with E-state index in [1.54, 1.807) is 18.2 Å². The van der Waals surface area contributed by atoms with Crippen molar-refractivity contribution >= 4 is 17.4 Å². The van der Waals surface area contributed by atoms with Crippen LogP contribution in [0, 0.1) is 12.3 Å². The molecule has 8 heteroatoms. The van der Waals surface area contributed by atoms with Crippen molar-refractivity contribution in [2.24, 2.45) is 0 Å². The molecule has 1 aliphatic rings. The lowest BCUT2D eigenvalue weighted by Gasteiger charge is -2.22. The molecule has 6 nitrogen and oxygen atoms in total. The number of ether oxygens (including phenoxy) is 2. The summed E-state index contributed by atoms with van der Waals surface area (Å²) in [5.41, 5.74) is 0.877. The number of carbonyl (C=O) groups excluding carboxylic acids is 2. The van der Waals surface area contributed by atoms with E-state index in [9.17, 15) is 18.4 Å². The van der Waals surface area contributed by atoms with Crippen LogP contribution in [0.1, 0.15) is 54.9 Å². The van der Waals surface area contributed by atoms with Gasteiger partial charge < -0.3 is 20.1 Å². The highest BCUT2D eigenvalue weighted by atomic mass is 19.3. The number of alkyl halides is 2. The zero-order chi connectivity index (χ0) is 23.5. The average Bonchev–Trinajstić information content (AvgIpc) is 2.80. The number of allylic oxidation sites excluding steroid dienone is 4. The first-order chi connectivity index (χ1) is 15.3. The number of halogens is 2. The number of rotatable bonds is 9. The molecular weight excluding hydrogens is 418 g/mol. The van der Waals surface area contributed by atoms with Crippen LogP contribution in [0.15, 0.2) is 41.9 Å². The van der Waals surface area contributed by atoms with Gasteiger partial charge in [-0.3, -0.25) is 9.59 Å². The minimum atomic E-state index is -3.06. The molecule has 2 rings (SSSR count). The molecular formula is C24H28F2N2O4. The fourth-order valence-electron chi connectivity index (χ4n) is 3.48. The number of hydrogen-bond acceptors (Lipinski definition) is 5. The van der Waals surface area contributed by atoms with Crippen LogP contribution in [-0.2, 0) is 14.3 Å². The Bertz CT molecular complexity index is 913. The number of amides is 1. The van der Waals surface area contributed by atoms with Crippen LogP contribution in [0.2, 0.25) is 0 Å². The van der Waals surface area contributed by atoms with E-state index in [4.69, 9.17) is 11.2 Å². The van der Waals surface area contributed by atoms with Gasteiger partial charge in [-0.25, -0.2) is 0 Å². The van der Waals surface area contributed by atoms with E-state index in [1.807, 2.05) is 0 Å². The van der Waals surface area contributed by atoms with E-state index in [1.165, 1.54) is 32.5 Å². The molecule has 0 saturated heterocycles. The van der Waals surface area contributed by atoms with Crippen LogP contribution in [-0.4, -0.2) is 38.1 Å². The van der Waals surface area contributed by atoms with Crippen LogP contribution in [0.25, 0.3) is 5.57 Å². The second-order valence-electron chi connectivity index (χ2n) is 7.35. The lowest BCUT2D eigenvalue weighted by atomic mass is 9.95. The lowest BCUT2D eigenvalue weighted by Crippen LogP contribution is -2.35. The van der Waals surface area contributed by atoms with Gasteiger partial charge in [0.1, 0.15) is 5.76 Å². The van der Waals surface area contributed by atoms with Gasteiger partial charge in [-0.15, -0.1) is 6.42 Å². The topological polar surface area (TPSA) is 76.7 Å². The minimum absolute atomic E-state index is 0.0125. The quantitative estimate of drug-likeness (QED) is 0.260. The molecule has 0 bridgehead atoms. The summed E-state index contributed by atoms with van der Waals surface area (Å²) >= 11 is 0. The van der Waals surface area contributed by atoms with Crippen molar-refractivity contribution in [1.29, 1.82) is 0 Å². The zero-order valence-corrected chi connectivity index (χ0v) is 18.3. The highest BCUT2D eigenvalue weighted by Crippen LogP contribution is 2.25. The molecule has 0 radical (unpaired) electrons. The second kappa shape index (κ2) is 12.6. The molecule has 0 aliphatic heterocycles. The Morgan fingerprint density at radius 3 is 2.56 bits per heavy atom. The summed E-state index contributed by atoms with van der Waals surface area (Å²) in [6.07, 6.45) is 12.2. The van der Waals surface area contributed by atoms with Crippen LogP contribution < -0.4 is 10.6 Å². The summed E-state index contributed by atoms with van der Waals surface area (Å²) in [6, 6.07) is 6.55. The van der Waals surface area contributed by atoms with Crippen molar-refractivity contribution < 1.29 is 27.8 Å². The number of benzene rings is 1. The third kappa shape index (κ3) is 7.82. The van der Waals surface area contributed by atoms with Gasteiger partial charge in [0, 0.05) is 30.3 Å². The molecule has 1 saturated carbocycles. The Labute approximate surface area is 187 Å². The summed E-state index contributed by atoms with van der Waals surface area (Å²) in [5.74, 6) is 1.04. The van der Waals surface area contributed by atoms with Crippen molar-refractivity contribution in [3.05, 3.63) is 53.0 Å². The number of carbonyl (C=O) groups is 2. The molecule has 0 aromatic heterocycles. The van der Waals surface area contributed by atoms with E-state index >= 15 is 0 Å². The Balaban J connectivity index is 2.25. The maximum Gasteiger partial charge on any atom is 0.387 e. The maximum absolute atomic E-state index is 12.9. The van der Waals surface area contributed by atoms with Crippen molar-refractivity contribution in [2.45, 2.75) is 51.7 Å². The van der Waals surface area contributed by atoms with E-state index in [0.29, 0.717) is 11.1 Å². The summed E-state index contributed by atoms with van der Waals surface area (Å²) in [5, 5.41) is 5.66. The molecule has 0 spiro atoms. The summed E-state index contributed by atoms with van der Waals surface area (Å²) in [6.45, 7) is -1.73. The average molecular weight is 446 g/mol. The monoisotopic (exact) mass is 446 g/mol. The highest BCUT2D eigenvalue weighted by Gasteiger charge is 2.17. The Morgan fingerprint density at radius 2 is 1.94 bits per heavy atom. The lowest BCUT2D eigenvalue weighted by molar-refractivity contribution is -0.138. The van der Waals surface area contributed by atoms with Crippen molar-refractivity contribution in [2.75, 3.05) is 13.6 Å². The van der Waals surface area contributed by atoms with Gasteiger partial charge in [0.15, 0.2) is 5.76 Å². The third-order valence-corrected chi connectivity index (χ3v) is 5.09. The van der Waals surface area contributed by atoms with Crippen LogP contribution in [0.4, 0.5) is 8.78 Å². The Kier molecular flexibility index (Phi) is 9.89. The van der Waals surface area contributed by atoms with E-state index in [-0.39, 0.29) is 35.6 Å². The molecule has 172 valence electrons. The molecule has 1 aromatic carbocycles. The third-order valence-electron chi connectivity index (χ3n) is 5.09. The van der Waals surface area contributed by atoms with Crippen molar-refractivity contribution in [1.82, 2.24) is 10.6 Å². The number of terminal acetylenes is 1. The van der Waals surface area contributed by atoms with Gasteiger partial charge in [-0.2, -0.15) is 8.78 Å². The van der Waals surface area contributed by atoms with Crippen LogP contribution in [0.5, 0.6) is 0 Å².